The summed E-state index contributed by atoms with van der Waals surface area (Å²) < 4.78 is 20.7. The molecule has 1 N–H and O–H groups in total. The van der Waals surface area contributed by atoms with Crippen molar-refractivity contribution in [3.63, 3.8) is 0 Å². The number of aromatic nitrogens is 2. The number of benzene rings is 2. The number of hydrogen-bond acceptors (Lipinski definition) is 5. The van der Waals surface area contributed by atoms with Gasteiger partial charge in [-0.2, -0.15) is 0 Å². The number of nitrogens with one attached hydrogen (secondary N) is 1. The highest BCUT2D eigenvalue weighted by atomic mass is 32.1. The molecule has 1 saturated heterocycles. The monoisotopic (exact) mass is 450 g/mol. The molecule has 7 nitrogen and oxygen atoms in total. The number of halogens is 1. The second kappa shape index (κ2) is 8.43. The minimum Gasteiger partial charge on any atom is -0.484 e. The maximum atomic E-state index is 13.3. The van der Waals surface area contributed by atoms with Crippen molar-refractivity contribution in [1.82, 2.24) is 9.38 Å². The Balaban J connectivity index is 1.28. The zero-order valence-corrected chi connectivity index (χ0v) is 17.8. The maximum absolute atomic E-state index is 13.3. The van der Waals surface area contributed by atoms with Gasteiger partial charge >= 0.3 is 0 Å². The van der Waals surface area contributed by atoms with E-state index in [9.17, 15) is 14.0 Å². The molecule has 0 aliphatic carbocycles. The number of amides is 2. The second-order valence-corrected chi connectivity index (χ2v) is 8.22. The molecule has 3 heterocycles. The lowest BCUT2D eigenvalue weighted by atomic mass is 10.1. The van der Waals surface area contributed by atoms with E-state index >= 15 is 0 Å². The van der Waals surface area contributed by atoms with E-state index in [1.54, 1.807) is 33.6 Å². The molecule has 5 rings (SSSR count). The largest absolute Gasteiger partial charge is 0.484 e. The van der Waals surface area contributed by atoms with Gasteiger partial charge in [-0.1, -0.05) is 0 Å². The van der Waals surface area contributed by atoms with Gasteiger partial charge in [0.1, 0.15) is 23.1 Å². The molecule has 1 aliphatic rings. The van der Waals surface area contributed by atoms with Gasteiger partial charge in [-0.15, -0.1) is 11.3 Å². The first kappa shape index (κ1) is 20.2. The van der Waals surface area contributed by atoms with E-state index in [4.69, 9.17) is 4.74 Å². The summed E-state index contributed by atoms with van der Waals surface area (Å²) in [4.78, 5) is 31.5. The molecular weight excluding hydrogens is 431 g/mol. The summed E-state index contributed by atoms with van der Waals surface area (Å²) >= 11 is 1.44. The first-order valence-electron chi connectivity index (χ1n) is 10.1. The quantitative estimate of drug-likeness (QED) is 0.474. The van der Waals surface area contributed by atoms with Crippen LogP contribution < -0.4 is 15.0 Å². The summed E-state index contributed by atoms with van der Waals surface area (Å²) in [6.45, 7) is 0.530. The van der Waals surface area contributed by atoms with Crippen molar-refractivity contribution in [3.8, 4) is 17.0 Å². The van der Waals surface area contributed by atoms with Crippen LogP contribution in [0.15, 0.2) is 60.1 Å². The van der Waals surface area contributed by atoms with Crippen LogP contribution in [0, 0.1) is 5.82 Å². The van der Waals surface area contributed by atoms with Gasteiger partial charge < -0.3 is 15.0 Å². The molecule has 1 fully saturated rings. The van der Waals surface area contributed by atoms with E-state index in [1.807, 2.05) is 23.7 Å². The minimum absolute atomic E-state index is 0.121. The highest BCUT2D eigenvalue weighted by molar-refractivity contribution is 7.15. The number of nitrogens with zero attached hydrogens (tertiary/aromatic N) is 3. The summed E-state index contributed by atoms with van der Waals surface area (Å²) in [5, 5.41) is 4.73. The summed E-state index contributed by atoms with van der Waals surface area (Å²) in [5.74, 6) is 0.470. The van der Waals surface area contributed by atoms with Crippen molar-refractivity contribution in [2.24, 2.45) is 0 Å². The van der Waals surface area contributed by atoms with E-state index in [1.165, 1.54) is 23.5 Å². The topological polar surface area (TPSA) is 75.9 Å². The van der Waals surface area contributed by atoms with Crippen molar-refractivity contribution >= 4 is 39.6 Å². The molecule has 4 aromatic rings. The zero-order valence-electron chi connectivity index (χ0n) is 17.0. The molecule has 9 heteroatoms. The van der Waals surface area contributed by atoms with Gasteiger partial charge in [0.2, 0.25) is 5.91 Å². The molecule has 0 bridgehead atoms. The first-order chi connectivity index (χ1) is 15.6. The Bertz CT molecular complexity index is 1280. The van der Waals surface area contributed by atoms with Crippen molar-refractivity contribution in [3.05, 3.63) is 65.9 Å². The molecule has 0 unspecified atom stereocenters. The van der Waals surface area contributed by atoms with E-state index in [-0.39, 0.29) is 24.2 Å². The first-order valence-corrected chi connectivity index (χ1v) is 11.0. The van der Waals surface area contributed by atoms with Crippen LogP contribution in [0.25, 0.3) is 16.2 Å². The molecule has 2 amide bonds. The molecule has 0 radical (unpaired) electrons. The van der Waals surface area contributed by atoms with Crippen LogP contribution in [0.2, 0.25) is 0 Å². The van der Waals surface area contributed by atoms with Gasteiger partial charge in [0.15, 0.2) is 11.6 Å². The molecule has 1 aliphatic heterocycles. The van der Waals surface area contributed by atoms with E-state index in [0.29, 0.717) is 34.2 Å². The fourth-order valence-corrected chi connectivity index (χ4v) is 4.39. The smallest absolute Gasteiger partial charge is 0.263 e. The Morgan fingerprint density at radius 1 is 1.16 bits per heavy atom. The number of anilines is 2. The number of imidazole rings is 1. The van der Waals surface area contributed by atoms with Crippen molar-refractivity contribution in [2.45, 2.75) is 12.8 Å². The van der Waals surface area contributed by atoms with E-state index in [2.05, 4.69) is 10.3 Å². The van der Waals surface area contributed by atoms with Crippen LogP contribution in [0.5, 0.6) is 5.75 Å². The van der Waals surface area contributed by atoms with Crippen LogP contribution in [-0.4, -0.2) is 34.4 Å². The third-order valence-corrected chi connectivity index (χ3v) is 5.99. The Morgan fingerprint density at radius 3 is 2.66 bits per heavy atom. The fraction of sp³-hybridized carbons (Fsp3) is 0.174. The van der Waals surface area contributed by atoms with Crippen LogP contribution in [0.4, 0.5) is 15.9 Å². The van der Waals surface area contributed by atoms with Gasteiger partial charge in [-0.25, -0.2) is 9.37 Å². The van der Waals surface area contributed by atoms with Crippen LogP contribution >= 0.6 is 11.3 Å². The van der Waals surface area contributed by atoms with E-state index < -0.39 is 0 Å². The van der Waals surface area contributed by atoms with Crippen molar-refractivity contribution in [1.29, 1.82) is 0 Å². The third-order valence-electron chi connectivity index (χ3n) is 5.23. The molecule has 2 aromatic carbocycles. The number of thiazole rings is 1. The molecule has 32 heavy (non-hydrogen) atoms. The summed E-state index contributed by atoms with van der Waals surface area (Å²) in [6.07, 6.45) is 3.25. The average Bonchev–Trinajstić information content (AvgIpc) is 3.51. The van der Waals surface area contributed by atoms with Crippen molar-refractivity contribution < 1.29 is 18.7 Å². The minimum atomic E-state index is -0.347. The van der Waals surface area contributed by atoms with Crippen LogP contribution in [-0.2, 0) is 9.59 Å². The standard InChI is InChI=1S/C23H19FN4O3S/c24-16-5-3-15(4-6-16)21-22(28-12-13-32-23(28)26-21)25-19(29)14-31-18-9-7-17(8-10-18)27-11-1-2-20(27)30/h3-10,12-13H,1-2,11,14H2,(H,25,29). The molecular formula is C23H19FN4O3S. The third kappa shape index (κ3) is 3.94. The number of carbonyl (C=O) groups is 2. The SMILES string of the molecule is O=C(COc1ccc(N2CCCC2=O)cc1)Nc1c(-c2ccc(F)cc2)nc2sccn12. The Kier molecular flexibility index (Phi) is 5.32. The molecule has 162 valence electrons. The summed E-state index contributed by atoms with van der Waals surface area (Å²) in [7, 11) is 0. The van der Waals surface area contributed by atoms with Gasteiger partial charge in [0, 0.05) is 35.8 Å². The highest BCUT2D eigenvalue weighted by Crippen LogP contribution is 2.31. The van der Waals surface area contributed by atoms with Crippen LogP contribution in [0.1, 0.15) is 12.8 Å². The summed E-state index contributed by atoms with van der Waals surface area (Å²) in [6, 6.07) is 13.1. The highest BCUT2D eigenvalue weighted by Gasteiger charge is 2.21. The normalized spacial score (nSPS) is 13.7. The number of rotatable bonds is 6. The number of hydrogen-bond donors (Lipinski definition) is 1. The lowest BCUT2D eigenvalue weighted by molar-refractivity contribution is -0.118. The van der Waals surface area contributed by atoms with Gasteiger partial charge in [0.05, 0.1) is 0 Å². The second-order valence-electron chi connectivity index (χ2n) is 7.35. The lowest BCUT2D eigenvalue weighted by Gasteiger charge is -2.16. The molecule has 0 spiro atoms. The molecule has 0 saturated carbocycles. The maximum Gasteiger partial charge on any atom is 0.263 e. The average molecular weight is 450 g/mol. The Morgan fingerprint density at radius 2 is 1.94 bits per heavy atom. The number of carbonyl (C=O) groups excluding carboxylic acids is 2. The van der Waals surface area contributed by atoms with Gasteiger partial charge in [0.25, 0.3) is 5.91 Å². The molecule has 2 aromatic heterocycles. The number of ether oxygens (including phenoxy) is 1. The van der Waals surface area contributed by atoms with Crippen LogP contribution in [0.3, 0.4) is 0 Å². The van der Waals surface area contributed by atoms with Gasteiger partial charge in [-0.3, -0.25) is 14.0 Å². The molecule has 0 atom stereocenters. The van der Waals surface area contributed by atoms with Gasteiger partial charge in [-0.05, 0) is 55.0 Å². The van der Waals surface area contributed by atoms with Crippen molar-refractivity contribution in [2.75, 3.05) is 23.4 Å². The summed E-state index contributed by atoms with van der Waals surface area (Å²) in [5.41, 5.74) is 2.09. The predicted octanol–water partition coefficient (Wildman–Crippen LogP) is 4.35. The van der Waals surface area contributed by atoms with E-state index in [0.717, 1.165) is 18.7 Å². The number of fused-ring (bicyclic) bond motifs is 1. The lowest BCUT2D eigenvalue weighted by Crippen LogP contribution is -2.23. The Labute approximate surface area is 187 Å². The zero-order chi connectivity index (χ0) is 22.1. The Hall–Kier alpha value is -3.72. The predicted molar refractivity (Wildman–Crippen MR) is 121 cm³/mol. The fourth-order valence-electron chi connectivity index (χ4n) is 3.67.